The molecule has 0 saturated carbocycles. The van der Waals surface area contributed by atoms with Crippen LogP contribution < -0.4 is 14.9 Å². The van der Waals surface area contributed by atoms with Crippen molar-refractivity contribution in [2.45, 2.75) is 4.90 Å². The Morgan fingerprint density at radius 1 is 1.24 bits per heavy atom. The zero-order valence-corrected chi connectivity index (χ0v) is 16.9. The second-order valence-electron chi connectivity index (χ2n) is 5.87. The highest BCUT2D eigenvalue weighted by atomic mass is 32.2. The van der Waals surface area contributed by atoms with Crippen LogP contribution in [0.2, 0.25) is 0 Å². The minimum Gasteiger partial charge on any atom is -0.493 e. The van der Waals surface area contributed by atoms with Gasteiger partial charge in [0.05, 0.1) is 18.2 Å². The molecule has 2 rings (SSSR count). The van der Waals surface area contributed by atoms with Crippen LogP contribution in [0.1, 0.15) is 15.9 Å². The number of ether oxygens (including phenoxy) is 2. The van der Waals surface area contributed by atoms with Crippen molar-refractivity contribution in [1.82, 2.24) is 9.73 Å². The topological polar surface area (TPSA) is 121 Å². The number of benzene rings is 2. The fourth-order valence-corrected chi connectivity index (χ4v) is 3.18. The van der Waals surface area contributed by atoms with Gasteiger partial charge in [0, 0.05) is 19.7 Å². The van der Waals surface area contributed by atoms with Gasteiger partial charge in [0.2, 0.25) is 10.0 Å². The predicted octanol–water partition coefficient (Wildman–Crippen LogP) is 1.61. The lowest BCUT2D eigenvalue weighted by atomic mass is 10.2. The first kappa shape index (κ1) is 21.9. The van der Waals surface area contributed by atoms with Crippen molar-refractivity contribution in [3.8, 4) is 17.6 Å². The lowest BCUT2D eigenvalue weighted by Gasteiger charge is -2.11. The number of rotatable bonds is 8. The maximum Gasteiger partial charge on any atom is 0.271 e. The molecule has 10 heteroatoms. The third-order valence-corrected chi connectivity index (χ3v) is 5.55. The smallest absolute Gasteiger partial charge is 0.271 e. The summed E-state index contributed by atoms with van der Waals surface area (Å²) in [4.78, 5) is 12.3. The Balaban J connectivity index is 2.11. The number of hydrogen-bond donors (Lipinski definition) is 1. The lowest BCUT2D eigenvalue weighted by molar-refractivity contribution is 0.0955. The van der Waals surface area contributed by atoms with E-state index in [-0.39, 0.29) is 17.1 Å². The second-order valence-corrected chi connectivity index (χ2v) is 8.02. The quantitative estimate of drug-likeness (QED) is 0.515. The number of sulfonamides is 1. The number of nitrogens with one attached hydrogen (secondary N) is 1. The average molecular weight is 416 g/mol. The van der Waals surface area contributed by atoms with Crippen LogP contribution in [0.15, 0.2) is 52.5 Å². The van der Waals surface area contributed by atoms with Gasteiger partial charge in [0.1, 0.15) is 6.07 Å². The van der Waals surface area contributed by atoms with Gasteiger partial charge >= 0.3 is 0 Å². The Kier molecular flexibility index (Phi) is 7.30. The molecular weight excluding hydrogens is 396 g/mol. The molecule has 0 aromatic heterocycles. The molecule has 0 unspecified atom stereocenters. The molecule has 0 bridgehead atoms. The summed E-state index contributed by atoms with van der Waals surface area (Å²) in [6, 6.07) is 12.5. The largest absolute Gasteiger partial charge is 0.493 e. The number of nitriles is 1. The third kappa shape index (κ3) is 5.54. The van der Waals surface area contributed by atoms with Crippen molar-refractivity contribution in [1.29, 1.82) is 5.26 Å². The molecular formula is C19H20N4O5S. The third-order valence-electron chi connectivity index (χ3n) is 3.73. The molecule has 0 spiro atoms. The Bertz CT molecular complexity index is 1060. The molecule has 1 N–H and O–H groups in total. The Hall–Kier alpha value is -3.42. The van der Waals surface area contributed by atoms with Gasteiger partial charge in [-0.1, -0.05) is 6.07 Å². The highest BCUT2D eigenvalue weighted by Gasteiger charge is 2.18. The lowest BCUT2D eigenvalue weighted by Crippen LogP contribution is -2.23. The Morgan fingerprint density at radius 3 is 2.66 bits per heavy atom. The summed E-state index contributed by atoms with van der Waals surface area (Å²) in [6.45, 7) is -0.109. The highest BCUT2D eigenvalue weighted by molar-refractivity contribution is 7.89. The van der Waals surface area contributed by atoms with Crippen molar-refractivity contribution < 1.29 is 22.7 Å². The van der Waals surface area contributed by atoms with E-state index >= 15 is 0 Å². The molecule has 0 aliphatic heterocycles. The molecule has 0 atom stereocenters. The first-order chi connectivity index (χ1) is 13.8. The average Bonchev–Trinajstić information content (AvgIpc) is 2.72. The number of hydrogen-bond acceptors (Lipinski definition) is 7. The van der Waals surface area contributed by atoms with Crippen LogP contribution in [0, 0.1) is 11.3 Å². The first-order valence-corrected chi connectivity index (χ1v) is 9.77. The number of nitrogens with zero attached hydrogens (tertiary/aromatic N) is 3. The number of hydrazone groups is 1. The molecule has 152 valence electrons. The van der Waals surface area contributed by atoms with Crippen molar-refractivity contribution in [3.63, 3.8) is 0 Å². The molecule has 29 heavy (non-hydrogen) atoms. The van der Waals surface area contributed by atoms with Gasteiger partial charge in [-0.2, -0.15) is 10.4 Å². The van der Waals surface area contributed by atoms with E-state index in [1.54, 1.807) is 18.2 Å². The molecule has 2 aromatic carbocycles. The molecule has 2 aromatic rings. The van der Waals surface area contributed by atoms with Crippen LogP contribution in [0.4, 0.5) is 0 Å². The monoisotopic (exact) mass is 416 g/mol. The summed E-state index contributed by atoms with van der Waals surface area (Å²) in [7, 11) is 0.646. The maximum absolute atomic E-state index is 12.3. The molecule has 0 aliphatic rings. The zero-order valence-electron chi connectivity index (χ0n) is 16.1. The number of amides is 1. The van der Waals surface area contributed by atoms with Crippen LogP contribution in [-0.4, -0.2) is 52.7 Å². The molecule has 1 amide bonds. The van der Waals surface area contributed by atoms with Crippen LogP contribution in [0.3, 0.4) is 0 Å². The summed E-state index contributed by atoms with van der Waals surface area (Å²) >= 11 is 0. The van der Waals surface area contributed by atoms with E-state index in [2.05, 4.69) is 10.5 Å². The van der Waals surface area contributed by atoms with E-state index < -0.39 is 15.9 Å². The van der Waals surface area contributed by atoms with E-state index in [0.717, 1.165) is 4.31 Å². The van der Waals surface area contributed by atoms with Crippen LogP contribution in [0.25, 0.3) is 0 Å². The van der Waals surface area contributed by atoms with Gasteiger partial charge in [-0.15, -0.1) is 0 Å². The first-order valence-electron chi connectivity index (χ1n) is 8.33. The summed E-state index contributed by atoms with van der Waals surface area (Å²) in [5.74, 6) is 0.268. The highest BCUT2D eigenvalue weighted by Crippen LogP contribution is 2.27. The molecule has 0 aliphatic carbocycles. The van der Waals surface area contributed by atoms with Gasteiger partial charge in [-0.3, -0.25) is 4.79 Å². The van der Waals surface area contributed by atoms with Crippen molar-refractivity contribution in [3.05, 3.63) is 53.6 Å². The van der Waals surface area contributed by atoms with E-state index in [1.165, 1.54) is 51.7 Å². The summed E-state index contributed by atoms with van der Waals surface area (Å²) in [5.41, 5.74) is 3.12. The van der Waals surface area contributed by atoms with Crippen molar-refractivity contribution in [2.75, 3.05) is 27.8 Å². The standard InChI is InChI=1S/C19H20N4O5S/c1-23(2)29(25,26)16-6-4-5-15(12-16)19(24)22-21-13-14-7-8-17(28-10-9-20)18(11-14)27-3/h4-8,11-13H,10H2,1-3H3,(H,22,24)/b21-13-. The predicted molar refractivity (Wildman–Crippen MR) is 106 cm³/mol. The number of carbonyl (C=O) groups excluding carboxylic acids is 1. The van der Waals surface area contributed by atoms with Crippen LogP contribution in [-0.2, 0) is 10.0 Å². The van der Waals surface area contributed by atoms with E-state index in [0.29, 0.717) is 17.1 Å². The van der Waals surface area contributed by atoms with Gasteiger partial charge in [0.25, 0.3) is 5.91 Å². The Morgan fingerprint density at radius 2 is 2.00 bits per heavy atom. The van der Waals surface area contributed by atoms with E-state index in [1.807, 2.05) is 6.07 Å². The van der Waals surface area contributed by atoms with Gasteiger partial charge < -0.3 is 9.47 Å². The van der Waals surface area contributed by atoms with Crippen LogP contribution >= 0.6 is 0 Å². The van der Waals surface area contributed by atoms with E-state index in [4.69, 9.17) is 14.7 Å². The van der Waals surface area contributed by atoms with Crippen LogP contribution in [0.5, 0.6) is 11.5 Å². The van der Waals surface area contributed by atoms with Crippen molar-refractivity contribution in [2.24, 2.45) is 5.10 Å². The minimum atomic E-state index is -3.65. The Labute approximate surface area is 169 Å². The number of carbonyl (C=O) groups is 1. The van der Waals surface area contributed by atoms with Gasteiger partial charge in [0.15, 0.2) is 18.1 Å². The second kappa shape index (κ2) is 9.68. The normalized spacial score (nSPS) is 11.3. The fourth-order valence-electron chi connectivity index (χ4n) is 2.23. The molecule has 0 fully saturated rings. The van der Waals surface area contributed by atoms with Gasteiger partial charge in [-0.05, 0) is 42.0 Å². The SMILES string of the molecule is COc1cc(/C=N\NC(=O)c2cccc(S(=O)(=O)N(C)C)c2)ccc1OCC#N. The van der Waals surface area contributed by atoms with Gasteiger partial charge in [-0.25, -0.2) is 18.1 Å². The zero-order chi connectivity index (χ0) is 21.4. The summed E-state index contributed by atoms with van der Waals surface area (Å²) < 4.78 is 35.9. The van der Waals surface area contributed by atoms with E-state index in [9.17, 15) is 13.2 Å². The van der Waals surface area contributed by atoms with Crippen molar-refractivity contribution >= 4 is 22.1 Å². The maximum atomic E-state index is 12.3. The molecule has 0 saturated heterocycles. The number of methoxy groups -OCH3 is 1. The summed E-state index contributed by atoms with van der Waals surface area (Å²) in [5, 5.41) is 12.5. The molecule has 9 nitrogen and oxygen atoms in total. The molecule has 0 radical (unpaired) electrons. The fraction of sp³-hybridized carbons (Fsp3) is 0.211. The molecule has 0 heterocycles. The minimum absolute atomic E-state index is 0.0109. The summed E-state index contributed by atoms with van der Waals surface area (Å²) in [6.07, 6.45) is 1.40.